The molecule has 0 spiro atoms. The van der Waals surface area contributed by atoms with Crippen LogP contribution < -0.4 is 5.32 Å². The highest BCUT2D eigenvalue weighted by Crippen LogP contribution is 2.24. The molecule has 96 valence electrons. The van der Waals surface area contributed by atoms with E-state index in [2.05, 4.69) is 10.3 Å². The van der Waals surface area contributed by atoms with Crippen LogP contribution in [0.25, 0.3) is 0 Å². The normalized spacial score (nSPS) is 12.2. The number of nitrogens with one attached hydrogen (secondary N) is 1. The van der Waals surface area contributed by atoms with E-state index in [1.54, 1.807) is 23.3 Å². The van der Waals surface area contributed by atoms with Gasteiger partial charge in [-0.15, -0.1) is 22.7 Å². The number of rotatable bonds is 3. The van der Waals surface area contributed by atoms with Crippen LogP contribution in [-0.4, -0.2) is 23.0 Å². The monoisotopic (exact) mass is 281 g/mol. The van der Waals surface area contributed by atoms with Crippen molar-refractivity contribution in [3.63, 3.8) is 0 Å². The fourth-order valence-corrected chi connectivity index (χ4v) is 2.99. The predicted octanol–water partition coefficient (Wildman–Crippen LogP) is 3.74. The summed E-state index contributed by atoms with van der Waals surface area (Å²) in [7, 11) is 1.79. The second-order valence-corrected chi connectivity index (χ2v) is 5.86. The van der Waals surface area contributed by atoms with Crippen molar-refractivity contribution in [1.82, 2.24) is 9.88 Å². The highest BCUT2D eigenvalue weighted by atomic mass is 32.1. The Morgan fingerprint density at radius 2 is 2.28 bits per heavy atom. The SMILES string of the molecule is Cc1csc(NC(=O)N(C)C(C)c2cccs2)n1. The molecule has 2 rings (SSSR count). The predicted molar refractivity (Wildman–Crippen MR) is 76.4 cm³/mol. The maximum absolute atomic E-state index is 12.0. The number of urea groups is 1. The lowest BCUT2D eigenvalue weighted by Gasteiger charge is -2.23. The van der Waals surface area contributed by atoms with Gasteiger partial charge in [0.2, 0.25) is 0 Å². The van der Waals surface area contributed by atoms with Gasteiger partial charge in [-0.05, 0) is 25.3 Å². The van der Waals surface area contributed by atoms with Gasteiger partial charge in [-0.3, -0.25) is 5.32 Å². The first-order valence-corrected chi connectivity index (χ1v) is 7.33. The van der Waals surface area contributed by atoms with Crippen molar-refractivity contribution >= 4 is 33.8 Å². The molecule has 4 nitrogen and oxygen atoms in total. The summed E-state index contributed by atoms with van der Waals surface area (Å²) in [5.74, 6) is 0. The Balaban J connectivity index is 2.00. The largest absolute Gasteiger partial charge is 0.323 e. The number of anilines is 1. The van der Waals surface area contributed by atoms with Crippen molar-refractivity contribution in [2.45, 2.75) is 19.9 Å². The van der Waals surface area contributed by atoms with E-state index in [-0.39, 0.29) is 12.1 Å². The molecule has 2 aromatic rings. The second-order valence-electron chi connectivity index (χ2n) is 4.03. The van der Waals surface area contributed by atoms with Crippen molar-refractivity contribution in [1.29, 1.82) is 0 Å². The van der Waals surface area contributed by atoms with Crippen molar-refractivity contribution < 1.29 is 4.79 Å². The van der Waals surface area contributed by atoms with E-state index >= 15 is 0 Å². The van der Waals surface area contributed by atoms with Gasteiger partial charge in [-0.1, -0.05) is 6.07 Å². The first kappa shape index (κ1) is 13.0. The number of nitrogens with zero attached hydrogens (tertiary/aromatic N) is 2. The Bertz CT molecular complexity index is 521. The molecule has 6 heteroatoms. The van der Waals surface area contributed by atoms with Crippen LogP contribution in [0, 0.1) is 6.92 Å². The number of thiazole rings is 1. The quantitative estimate of drug-likeness (QED) is 0.931. The minimum Gasteiger partial charge on any atom is -0.320 e. The Morgan fingerprint density at radius 3 is 2.83 bits per heavy atom. The van der Waals surface area contributed by atoms with E-state index in [1.165, 1.54) is 16.2 Å². The molecule has 0 aliphatic carbocycles. The minimum absolute atomic E-state index is 0.0612. The average molecular weight is 281 g/mol. The Kier molecular flexibility index (Phi) is 3.98. The number of amides is 2. The van der Waals surface area contributed by atoms with Crippen molar-refractivity contribution in [2.24, 2.45) is 0 Å². The zero-order chi connectivity index (χ0) is 13.1. The first-order chi connectivity index (χ1) is 8.58. The molecule has 0 radical (unpaired) electrons. The number of aromatic nitrogens is 1. The standard InChI is InChI=1S/C12H15N3OS2/c1-8-7-18-11(13-8)14-12(16)15(3)9(2)10-5-4-6-17-10/h4-7,9H,1-3H3,(H,13,14,16). The molecule has 2 heterocycles. The van der Waals surface area contributed by atoms with Crippen molar-refractivity contribution in [3.05, 3.63) is 33.5 Å². The number of carbonyl (C=O) groups is 1. The van der Waals surface area contributed by atoms with Crippen LogP contribution in [0.4, 0.5) is 9.93 Å². The molecule has 0 fully saturated rings. The Morgan fingerprint density at radius 1 is 1.50 bits per heavy atom. The third-order valence-corrected chi connectivity index (χ3v) is 4.61. The molecule has 1 atom stereocenters. The lowest BCUT2D eigenvalue weighted by atomic mass is 10.2. The van der Waals surface area contributed by atoms with E-state index in [0.29, 0.717) is 5.13 Å². The number of carbonyl (C=O) groups excluding carboxylic acids is 1. The molecule has 0 aromatic carbocycles. The second kappa shape index (κ2) is 5.49. The summed E-state index contributed by atoms with van der Waals surface area (Å²) in [6.45, 7) is 3.92. The summed E-state index contributed by atoms with van der Waals surface area (Å²) in [4.78, 5) is 19.1. The molecular weight excluding hydrogens is 266 g/mol. The summed E-state index contributed by atoms with van der Waals surface area (Å²) >= 11 is 3.09. The molecular formula is C12H15N3OS2. The van der Waals surface area contributed by atoms with Gasteiger partial charge in [-0.2, -0.15) is 0 Å². The maximum Gasteiger partial charge on any atom is 0.323 e. The topological polar surface area (TPSA) is 45.2 Å². The Labute approximate surface area is 114 Å². The van der Waals surface area contributed by atoms with Crippen molar-refractivity contribution in [2.75, 3.05) is 12.4 Å². The molecule has 18 heavy (non-hydrogen) atoms. The lowest BCUT2D eigenvalue weighted by molar-refractivity contribution is 0.209. The maximum atomic E-state index is 12.0. The van der Waals surface area contributed by atoms with Gasteiger partial charge >= 0.3 is 6.03 Å². The molecule has 2 aromatic heterocycles. The van der Waals surface area contributed by atoms with E-state index in [0.717, 1.165) is 5.69 Å². The zero-order valence-corrected chi connectivity index (χ0v) is 12.1. The molecule has 0 bridgehead atoms. The van der Waals surface area contributed by atoms with Crippen LogP contribution in [0.2, 0.25) is 0 Å². The van der Waals surface area contributed by atoms with Crippen LogP contribution in [0.1, 0.15) is 23.5 Å². The molecule has 2 amide bonds. The highest BCUT2D eigenvalue weighted by molar-refractivity contribution is 7.13. The summed E-state index contributed by atoms with van der Waals surface area (Å²) in [5.41, 5.74) is 0.921. The molecule has 1 N–H and O–H groups in total. The lowest BCUT2D eigenvalue weighted by Crippen LogP contribution is -2.33. The smallest absolute Gasteiger partial charge is 0.320 e. The molecule has 0 aliphatic rings. The zero-order valence-electron chi connectivity index (χ0n) is 10.5. The number of aryl methyl sites for hydroxylation is 1. The van der Waals surface area contributed by atoms with Gasteiger partial charge < -0.3 is 4.90 Å². The van der Waals surface area contributed by atoms with Gasteiger partial charge in [0, 0.05) is 17.3 Å². The van der Waals surface area contributed by atoms with Gasteiger partial charge in [0.05, 0.1) is 11.7 Å². The Hall–Kier alpha value is -1.40. The number of hydrogen-bond acceptors (Lipinski definition) is 4. The van der Waals surface area contributed by atoms with Crippen LogP contribution in [-0.2, 0) is 0 Å². The third kappa shape index (κ3) is 2.88. The summed E-state index contributed by atoms with van der Waals surface area (Å²) in [5, 5.41) is 7.38. The summed E-state index contributed by atoms with van der Waals surface area (Å²) in [6.07, 6.45) is 0. The minimum atomic E-state index is -0.134. The fraction of sp³-hybridized carbons (Fsp3) is 0.333. The third-order valence-electron chi connectivity index (χ3n) is 2.69. The number of hydrogen-bond donors (Lipinski definition) is 1. The molecule has 0 saturated heterocycles. The highest BCUT2D eigenvalue weighted by Gasteiger charge is 2.18. The fourth-order valence-electron chi connectivity index (χ4n) is 1.49. The summed E-state index contributed by atoms with van der Waals surface area (Å²) < 4.78 is 0. The van der Waals surface area contributed by atoms with E-state index < -0.39 is 0 Å². The van der Waals surface area contributed by atoms with Crippen LogP contribution in [0.15, 0.2) is 22.9 Å². The van der Waals surface area contributed by atoms with Crippen LogP contribution in [0.3, 0.4) is 0 Å². The van der Waals surface area contributed by atoms with Crippen LogP contribution >= 0.6 is 22.7 Å². The first-order valence-electron chi connectivity index (χ1n) is 5.57. The molecule has 1 unspecified atom stereocenters. The van der Waals surface area contributed by atoms with Crippen LogP contribution in [0.5, 0.6) is 0 Å². The van der Waals surface area contributed by atoms with Gasteiger partial charge in [0.15, 0.2) is 5.13 Å². The molecule has 0 saturated carbocycles. The van der Waals surface area contributed by atoms with Gasteiger partial charge in [0.1, 0.15) is 0 Å². The number of thiophene rings is 1. The van der Waals surface area contributed by atoms with E-state index in [4.69, 9.17) is 0 Å². The van der Waals surface area contributed by atoms with E-state index in [1.807, 2.05) is 36.7 Å². The van der Waals surface area contributed by atoms with Gasteiger partial charge in [0.25, 0.3) is 0 Å². The molecule has 0 aliphatic heterocycles. The van der Waals surface area contributed by atoms with Gasteiger partial charge in [-0.25, -0.2) is 9.78 Å². The summed E-state index contributed by atoms with van der Waals surface area (Å²) in [6, 6.07) is 3.95. The van der Waals surface area contributed by atoms with E-state index in [9.17, 15) is 4.79 Å². The van der Waals surface area contributed by atoms with Crippen molar-refractivity contribution in [3.8, 4) is 0 Å². The average Bonchev–Trinajstić information content (AvgIpc) is 2.98.